The van der Waals surface area contributed by atoms with Gasteiger partial charge in [0.15, 0.2) is 0 Å². The van der Waals surface area contributed by atoms with E-state index in [1.807, 2.05) is 0 Å². The van der Waals surface area contributed by atoms with Crippen molar-refractivity contribution in [3.8, 4) is 0 Å². The van der Waals surface area contributed by atoms with Crippen molar-refractivity contribution in [2.45, 2.75) is 214 Å². The van der Waals surface area contributed by atoms with Crippen molar-refractivity contribution in [1.82, 2.24) is 0 Å². The molecule has 0 rings (SSSR count). The van der Waals surface area contributed by atoms with Crippen LogP contribution in [0.1, 0.15) is 208 Å². The summed E-state index contributed by atoms with van der Waals surface area (Å²) in [5, 5.41) is 0. The fourth-order valence-electron chi connectivity index (χ4n) is 7.80. The Morgan fingerprint density at radius 1 is 0.316 bits per heavy atom. The molecule has 0 radical (unpaired) electrons. The number of unbranched alkanes of at least 4 members (excludes halogenated alkanes) is 17. The summed E-state index contributed by atoms with van der Waals surface area (Å²) in [4.78, 5) is 0. The molecular weight excluding hydrogens is 458 g/mol. The van der Waals surface area contributed by atoms with E-state index < -0.39 is 0 Å². The lowest BCUT2D eigenvalue weighted by Crippen LogP contribution is -2.66. The van der Waals surface area contributed by atoms with Crippen LogP contribution in [0, 0.1) is 5.41 Å². The van der Waals surface area contributed by atoms with Gasteiger partial charge in [0.05, 0.1) is 21.1 Å². The summed E-state index contributed by atoms with van der Waals surface area (Å²) in [5.74, 6) is 0. The summed E-state index contributed by atoms with van der Waals surface area (Å²) in [7, 11) is 7.81. The Morgan fingerprint density at radius 2 is 0.579 bits per heavy atom. The lowest BCUT2D eigenvalue weighted by molar-refractivity contribution is -0.935. The summed E-state index contributed by atoms with van der Waals surface area (Å²) in [6, 6.07) is 0. The molecule has 0 saturated heterocycles. The van der Waals surface area contributed by atoms with Crippen LogP contribution in [0.2, 0.25) is 0 Å². The Kier molecular flexibility index (Phi) is 23.6. The van der Waals surface area contributed by atoms with Crippen LogP contribution in [-0.2, 0) is 0 Å². The first-order chi connectivity index (χ1) is 18.3. The average molecular weight is 537 g/mol. The van der Waals surface area contributed by atoms with Crippen molar-refractivity contribution in [3.05, 3.63) is 0 Å². The third-order valence-corrected chi connectivity index (χ3v) is 10.2. The van der Waals surface area contributed by atoms with E-state index in [9.17, 15) is 0 Å². The van der Waals surface area contributed by atoms with Gasteiger partial charge in [-0.25, -0.2) is 0 Å². The first kappa shape index (κ1) is 38.0. The molecule has 0 spiro atoms. The molecule has 0 aromatic carbocycles. The van der Waals surface area contributed by atoms with E-state index in [4.69, 9.17) is 0 Å². The van der Waals surface area contributed by atoms with Crippen LogP contribution in [0.4, 0.5) is 0 Å². The van der Waals surface area contributed by atoms with Crippen molar-refractivity contribution in [2.75, 3.05) is 21.1 Å². The number of hydrogen-bond donors (Lipinski definition) is 0. The molecule has 0 aromatic rings. The summed E-state index contributed by atoms with van der Waals surface area (Å²) in [5.41, 5.74) is 0.936. The molecular formula is C37H78N+. The van der Waals surface area contributed by atoms with Gasteiger partial charge in [-0.3, -0.25) is 0 Å². The minimum Gasteiger partial charge on any atom is -0.326 e. The Bertz CT molecular complexity index is 459. The second kappa shape index (κ2) is 23.6. The Morgan fingerprint density at radius 3 is 0.868 bits per heavy atom. The third kappa shape index (κ3) is 14.6. The van der Waals surface area contributed by atoms with Crippen LogP contribution >= 0.6 is 0 Å². The lowest BCUT2D eigenvalue weighted by atomic mass is 9.56. The van der Waals surface area contributed by atoms with Crippen LogP contribution < -0.4 is 0 Å². The number of rotatable bonds is 29. The second-order valence-electron chi connectivity index (χ2n) is 14.1. The Labute approximate surface area is 244 Å². The van der Waals surface area contributed by atoms with Gasteiger partial charge in [0, 0.05) is 18.3 Å². The van der Waals surface area contributed by atoms with Crippen molar-refractivity contribution in [1.29, 1.82) is 0 Å². The Balaban J connectivity index is 6.28. The topological polar surface area (TPSA) is 0 Å². The fraction of sp³-hybridized carbons (Fsp3) is 1.00. The van der Waals surface area contributed by atoms with Crippen molar-refractivity contribution in [3.63, 3.8) is 0 Å². The van der Waals surface area contributed by atoms with Gasteiger partial charge in [0.1, 0.15) is 5.54 Å². The maximum Gasteiger partial charge on any atom is 0.104 e. The predicted octanol–water partition coefficient (Wildman–Crippen LogP) is 13.0. The molecule has 0 fully saturated rings. The van der Waals surface area contributed by atoms with E-state index in [-0.39, 0.29) is 0 Å². The molecule has 0 N–H and O–H groups in total. The predicted molar refractivity (Wildman–Crippen MR) is 176 cm³/mol. The first-order valence-electron chi connectivity index (χ1n) is 18.1. The lowest BCUT2D eigenvalue weighted by Gasteiger charge is -2.59. The van der Waals surface area contributed by atoms with Gasteiger partial charge >= 0.3 is 0 Å². The number of quaternary nitrogens is 1. The standard InChI is InChI=1S/C37H78N/c1-9-14-19-23-27-32-36(31-18-13-5,33-28-24-20-15-10-2)37(38(6,7)8,34-29-25-21-16-11-3)35-30-26-22-17-12-4/h9-35H2,1-8H3/q+1. The zero-order valence-electron chi connectivity index (χ0n) is 28.5. The zero-order chi connectivity index (χ0) is 28.6. The molecule has 0 aliphatic heterocycles. The molecule has 230 valence electrons. The van der Waals surface area contributed by atoms with Crippen LogP contribution in [0.15, 0.2) is 0 Å². The van der Waals surface area contributed by atoms with Gasteiger partial charge in [-0.05, 0) is 32.1 Å². The van der Waals surface area contributed by atoms with E-state index in [1.165, 1.54) is 178 Å². The normalized spacial score (nSPS) is 12.9. The number of hydrogen-bond acceptors (Lipinski definition) is 0. The van der Waals surface area contributed by atoms with E-state index >= 15 is 0 Å². The summed E-state index contributed by atoms with van der Waals surface area (Å²) in [6.45, 7) is 11.9. The van der Waals surface area contributed by atoms with Gasteiger partial charge in [0.25, 0.3) is 0 Å². The third-order valence-electron chi connectivity index (χ3n) is 10.2. The maximum atomic E-state index is 2.60. The largest absolute Gasteiger partial charge is 0.326 e. The summed E-state index contributed by atoms with van der Waals surface area (Å²) < 4.78 is 1.18. The quantitative estimate of drug-likeness (QED) is 0.0658. The highest BCUT2D eigenvalue weighted by molar-refractivity contribution is 5.00. The van der Waals surface area contributed by atoms with Gasteiger partial charge in [-0.2, -0.15) is 0 Å². The molecule has 0 heterocycles. The van der Waals surface area contributed by atoms with Crippen molar-refractivity contribution in [2.24, 2.45) is 5.41 Å². The first-order valence-corrected chi connectivity index (χ1v) is 18.1. The van der Waals surface area contributed by atoms with Crippen LogP contribution in [-0.4, -0.2) is 31.2 Å². The average Bonchev–Trinajstić information content (AvgIpc) is 2.89. The SMILES string of the molecule is CCCCCCCC(CCCC)(CCCCCCC)C(CCCCCCC)(CCCCCCC)[N+](C)(C)C. The molecule has 38 heavy (non-hydrogen) atoms. The minimum absolute atomic E-state index is 0.427. The van der Waals surface area contributed by atoms with E-state index in [1.54, 1.807) is 0 Å². The van der Waals surface area contributed by atoms with Crippen molar-refractivity contribution >= 4 is 0 Å². The highest BCUT2D eigenvalue weighted by atomic mass is 15.4. The van der Waals surface area contributed by atoms with Gasteiger partial charge < -0.3 is 4.48 Å². The highest BCUT2D eigenvalue weighted by Gasteiger charge is 2.57. The van der Waals surface area contributed by atoms with Gasteiger partial charge in [-0.15, -0.1) is 0 Å². The molecule has 0 aliphatic carbocycles. The Hall–Kier alpha value is -0.0400. The van der Waals surface area contributed by atoms with E-state index in [0.29, 0.717) is 11.0 Å². The zero-order valence-corrected chi connectivity index (χ0v) is 28.5. The fourth-order valence-corrected chi connectivity index (χ4v) is 7.80. The molecule has 0 saturated carbocycles. The number of nitrogens with zero attached hydrogens (tertiary/aromatic N) is 1. The molecule has 0 atom stereocenters. The molecule has 0 amide bonds. The monoisotopic (exact) mass is 537 g/mol. The second-order valence-corrected chi connectivity index (χ2v) is 14.1. The van der Waals surface area contributed by atoms with Crippen LogP contribution in [0.3, 0.4) is 0 Å². The molecule has 0 aromatic heterocycles. The summed E-state index contributed by atoms with van der Waals surface area (Å²) in [6.07, 6.45) is 38.7. The minimum atomic E-state index is 0.427. The molecule has 1 nitrogen and oxygen atoms in total. The smallest absolute Gasteiger partial charge is 0.104 e. The van der Waals surface area contributed by atoms with Crippen LogP contribution in [0.25, 0.3) is 0 Å². The van der Waals surface area contributed by atoms with Gasteiger partial charge in [0.2, 0.25) is 0 Å². The highest BCUT2D eigenvalue weighted by Crippen LogP contribution is 2.55. The van der Waals surface area contributed by atoms with E-state index in [0.717, 1.165) is 0 Å². The molecule has 0 unspecified atom stereocenters. The molecule has 1 heteroatoms. The summed E-state index contributed by atoms with van der Waals surface area (Å²) >= 11 is 0. The molecule has 0 bridgehead atoms. The van der Waals surface area contributed by atoms with Gasteiger partial charge in [-0.1, -0.05) is 163 Å². The van der Waals surface area contributed by atoms with Crippen LogP contribution in [0.5, 0.6) is 0 Å². The van der Waals surface area contributed by atoms with E-state index in [2.05, 4.69) is 55.8 Å². The molecule has 0 aliphatic rings. The maximum absolute atomic E-state index is 2.60. The van der Waals surface area contributed by atoms with Crippen molar-refractivity contribution < 1.29 is 4.48 Å².